The van der Waals surface area contributed by atoms with Crippen LogP contribution in [0, 0.1) is 12.3 Å². The summed E-state index contributed by atoms with van der Waals surface area (Å²) in [6.07, 6.45) is 8.24. The molecule has 2 saturated carbocycles. The van der Waals surface area contributed by atoms with E-state index in [1.54, 1.807) is 10.9 Å². The van der Waals surface area contributed by atoms with E-state index in [0.717, 1.165) is 37.1 Å². The number of nitrogens with zero attached hydrogens (tertiary/aromatic N) is 2. The molecule has 0 aliphatic heterocycles. The second kappa shape index (κ2) is 6.30. The van der Waals surface area contributed by atoms with Crippen LogP contribution in [0.2, 0.25) is 0 Å². The van der Waals surface area contributed by atoms with E-state index in [-0.39, 0.29) is 17.4 Å². The molecule has 1 N–H and O–H groups in total. The third-order valence-electron chi connectivity index (χ3n) is 5.95. The van der Waals surface area contributed by atoms with Gasteiger partial charge in [-0.05, 0) is 44.7 Å². The van der Waals surface area contributed by atoms with Crippen molar-refractivity contribution in [3.05, 3.63) is 47.8 Å². The van der Waals surface area contributed by atoms with Crippen LogP contribution < -0.4 is 5.32 Å². The predicted octanol–water partition coefficient (Wildman–Crippen LogP) is 3.26. The number of amides is 1. The lowest BCUT2D eigenvalue weighted by molar-refractivity contribution is -0.169. The van der Waals surface area contributed by atoms with E-state index >= 15 is 0 Å². The summed E-state index contributed by atoms with van der Waals surface area (Å²) in [6.45, 7) is 4.83. The van der Waals surface area contributed by atoms with Crippen LogP contribution in [0.25, 0.3) is 5.69 Å². The highest BCUT2D eigenvalue weighted by molar-refractivity contribution is 5.94. The largest absolute Gasteiger partial charge is 0.378 e. The number of hydrogen-bond acceptors (Lipinski definition) is 3. The quantitative estimate of drug-likeness (QED) is 0.910. The number of hydrogen-bond donors (Lipinski definition) is 1. The van der Waals surface area contributed by atoms with Gasteiger partial charge < -0.3 is 10.1 Å². The Morgan fingerprint density at radius 3 is 2.88 bits per heavy atom. The molecule has 5 heteroatoms. The van der Waals surface area contributed by atoms with Crippen LogP contribution in [0.1, 0.15) is 48.5 Å². The molecule has 1 aromatic heterocycles. The Kier molecular flexibility index (Phi) is 4.12. The average molecular weight is 339 g/mol. The average Bonchev–Trinajstić information content (AvgIpc) is 3.02. The number of carbonyl (C=O) groups excluding carboxylic acids is 1. The zero-order valence-corrected chi connectivity index (χ0v) is 14.9. The van der Waals surface area contributed by atoms with Crippen molar-refractivity contribution < 1.29 is 9.53 Å². The molecule has 5 nitrogen and oxygen atoms in total. The maximum Gasteiger partial charge on any atom is 0.254 e. The molecule has 1 heterocycles. The fraction of sp³-hybridized carbons (Fsp3) is 0.500. The van der Waals surface area contributed by atoms with Crippen molar-refractivity contribution >= 4 is 5.91 Å². The number of benzene rings is 1. The monoisotopic (exact) mass is 339 g/mol. The molecule has 1 amide bonds. The minimum absolute atomic E-state index is 0.0361. The summed E-state index contributed by atoms with van der Waals surface area (Å²) in [5.74, 6) is -0.0361. The second-order valence-corrected chi connectivity index (χ2v) is 7.25. The molecule has 132 valence electrons. The summed E-state index contributed by atoms with van der Waals surface area (Å²) in [5, 5.41) is 7.59. The van der Waals surface area contributed by atoms with Crippen LogP contribution in [-0.2, 0) is 4.74 Å². The third-order valence-corrected chi connectivity index (χ3v) is 5.95. The molecular weight excluding hydrogens is 314 g/mol. The third kappa shape index (κ3) is 2.67. The Balaban J connectivity index is 1.45. The first-order chi connectivity index (χ1) is 12.1. The lowest BCUT2D eigenvalue weighted by atomic mass is 9.51. The highest BCUT2D eigenvalue weighted by Crippen LogP contribution is 2.57. The van der Waals surface area contributed by atoms with Gasteiger partial charge in [0.2, 0.25) is 0 Å². The van der Waals surface area contributed by atoms with Crippen LogP contribution in [0.4, 0.5) is 0 Å². The van der Waals surface area contributed by atoms with E-state index in [0.29, 0.717) is 11.7 Å². The topological polar surface area (TPSA) is 56.1 Å². The van der Waals surface area contributed by atoms with Crippen molar-refractivity contribution in [2.24, 2.45) is 5.41 Å². The Morgan fingerprint density at radius 1 is 1.40 bits per heavy atom. The lowest BCUT2D eigenvalue weighted by Crippen LogP contribution is -2.67. The molecular formula is C20H25N3O2. The van der Waals surface area contributed by atoms with Gasteiger partial charge in [0.15, 0.2) is 0 Å². The summed E-state index contributed by atoms with van der Waals surface area (Å²) < 4.78 is 7.63. The second-order valence-electron chi connectivity index (χ2n) is 7.25. The zero-order chi connectivity index (χ0) is 17.4. The standard InChI is InChI=1S/C20H25N3O2/c1-3-25-18-11-17(20(18)9-6-10-20)22-19(24)15-12-21-23(13-15)16-8-5-4-7-14(16)2/h4-5,7-8,12-13,17-18H,3,6,9-11H2,1-2H3,(H,22,24)/t17-,18-/m0/s1. The molecule has 0 bridgehead atoms. The first-order valence-electron chi connectivity index (χ1n) is 9.17. The first-order valence-corrected chi connectivity index (χ1v) is 9.17. The summed E-state index contributed by atoms with van der Waals surface area (Å²) in [7, 11) is 0. The predicted molar refractivity (Wildman–Crippen MR) is 95.9 cm³/mol. The van der Waals surface area contributed by atoms with E-state index in [1.807, 2.05) is 44.3 Å². The van der Waals surface area contributed by atoms with Crippen molar-refractivity contribution in [1.29, 1.82) is 0 Å². The van der Waals surface area contributed by atoms with Gasteiger partial charge in [-0.15, -0.1) is 0 Å². The summed E-state index contributed by atoms with van der Waals surface area (Å²) >= 11 is 0. The zero-order valence-electron chi connectivity index (χ0n) is 14.9. The summed E-state index contributed by atoms with van der Waals surface area (Å²) in [4.78, 5) is 12.7. The number of nitrogens with one attached hydrogen (secondary N) is 1. The Hall–Kier alpha value is -2.14. The fourth-order valence-corrected chi connectivity index (χ4v) is 4.27. The number of ether oxygens (including phenoxy) is 1. The van der Waals surface area contributed by atoms with E-state index in [9.17, 15) is 4.79 Å². The molecule has 0 unspecified atom stereocenters. The van der Waals surface area contributed by atoms with Gasteiger partial charge in [-0.1, -0.05) is 24.6 Å². The molecule has 2 aliphatic rings. The van der Waals surface area contributed by atoms with Gasteiger partial charge in [-0.3, -0.25) is 4.79 Å². The van der Waals surface area contributed by atoms with E-state index < -0.39 is 0 Å². The number of rotatable bonds is 5. The van der Waals surface area contributed by atoms with E-state index in [2.05, 4.69) is 10.4 Å². The van der Waals surface area contributed by atoms with Crippen molar-refractivity contribution in [2.45, 2.75) is 51.7 Å². The van der Waals surface area contributed by atoms with Crippen molar-refractivity contribution in [3.63, 3.8) is 0 Å². The van der Waals surface area contributed by atoms with Gasteiger partial charge >= 0.3 is 0 Å². The molecule has 2 fully saturated rings. The van der Waals surface area contributed by atoms with Gasteiger partial charge in [-0.2, -0.15) is 5.10 Å². The van der Waals surface area contributed by atoms with E-state index in [1.165, 1.54) is 6.42 Å². The number of aryl methyl sites for hydroxylation is 1. The van der Waals surface area contributed by atoms with Gasteiger partial charge in [-0.25, -0.2) is 4.68 Å². The first kappa shape index (κ1) is 16.3. The Labute approximate surface area is 148 Å². The molecule has 2 aliphatic carbocycles. The molecule has 1 spiro atoms. The van der Waals surface area contributed by atoms with Gasteiger partial charge in [0.25, 0.3) is 5.91 Å². The molecule has 1 aromatic carbocycles. The Morgan fingerprint density at radius 2 is 2.20 bits per heavy atom. The molecule has 4 rings (SSSR count). The summed E-state index contributed by atoms with van der Waals surface area (Å²) in [6, 6.07) is 8.25. The van der Waals surface area contributed by atoms with Crippen LogP contribution in [0.5, 0.6) is 0 Å². The SMILES string of the molecule is CCO[C@H]1C[C@H](NC(=O)c2cnn(-c3ccccc3C)c2)C12CCC2. The van der Waals surface area contributed by atoms with Crippen molar-refractivity contribution in [3.8, 4) is 5.69 Å². The fourth-order valence-electron chi connectivity index (χ4n) is 4.27. The summed E-state index contributed by atoms with van der Waals surface area (Å²) in [5.41, 5.74) is 2.91. The maximum absolute atomic E-state index is 12.7. The normalized spacial score (nSPS) is 23.8. The molecule has 2 aromatic rings. The number of para-hydroxylation sites is 1. The smallest absolute Gasteiger partial charge is 0.254 e. The van der Waals surface area contributed by atoms with Gasteiger partial charge in [0.1, 0.15) is 0 Å². The van der Waals surface area contributed by atoms with Gasteiger partial charge in [0.05, 0.1) is 23.6 Å². The highest BCUT2D eigenvalue weighted by Gasteiger charge is 2.59. The molecule has 0 radical (unpaired) electrons. The lowest BCUT2D eigenvalue weighted by Gasteiger charge is -2.60. The Bertz CT molecular complexity index is 779. The number of carbonyl (C=O) groups is 1. The van der Waals surface area contributed by atoms with E-state index in [4.69, 9.17) is 4.74 Å². The molecule has 25 heavy (non-hydrogen) atoms. The highest BCUT2D eigenvalue weighted by atomic mass is 16.5. The van der Waals surface area contributed by atoms with Gasteiger partial charge in [0, 0.05) is 24.3 Å². The van der Waals surface area contributed by atoms with Crippen molar-refractivity contribution in [2.75, 3.05) is 6.61 Å². The minimum atomic E-state index is -0.0361. The maximum atomic E-state index is 12.7. The number of aromatic nitrogens is 2. The minimum Gasteiger partial charge on any atom is -0.378 e. The van der Waals surface area contributed by atoms with Crippen LogP contribution >= 0.6 is 0 Å². The van der Waals surface area contributed by atoms with Crippen molar-refractivity contribution in [1.82, 2.24) is 15.1 Å². The van der Waals surface area contributed by atoms with Crippen LogP contribution in [0.15, 0.2) is 36.7 Å². The van der Waals surface area contributed by atoms with Crippen LogP contribution in [-0.4, -0.2) is 34.4 Å². The molecule has 0 saturated heterocycles. The molecule has 2 atom stereocenters. The van der Waals surface area contributed by atoms with Crippen LogP contribution in [0.3, 0.4) is 0 Å².